The largest absolute Gasteiger partial charge is 0.0949 e. The molecule has 0 heterocycles. The first-order valence-corrected chi connectivity index (χ1v) is 11.7. The molecule has 0 fully saturated rings. The van der Waals surface area contributed by atoms with Gasteiger partial charge in [-0.3, -0.25) is 0 Å². The minimum absolute atomic E-state index is 0.0951. The predicted molar refractivity (Wildman–Crippen MR) is 138 cm³/mol. The van der Waals surface area contributed by atoms with Crippen molar-refractivity contribution in [3.8, 4) is 11.1 Å². The van der Waals surface area contributed by atoms with E-state index in [2.05, 4.69) is 107 Å². The second kappa shape index (κ2) is 7.36. The third kappa shape index (κ3) is 3.12. The molecular formula is C31H29Cl. The van der Waals surface area contributed by atoms with E-state index >= 15 is 0 Å². The van der Waals surface area contributed by atoms with Crippen LogP contribution in [0.1, 0.15) is 49.9 Å². The fraction of sp³-hybridized carbons (Fsp3) is 0.226. The Bertz CT molecular complexity index is 1300. The van der Waals surface area contributed by atoms with Gasteiger partial charge in [0.05, 0.1) is 0 Å². The minimum Gasteiger partial charge on any atom is -0.0949 e. The molecule has 3 aromatic carbocycles. The summed E-state index contributed by atoms with van der Waals surface area (Å²) in [5.74, 6) is 0. The highest BCUT2D eigenvalue weighted by molar-refractivity contribution is 6.31. The molecule has 2 aliphatic carbocycles. The van der Waals surface area contributed by atoms with Crippen LogP contribution in [0.2, 0.25) is 5.02 Å². The van der Waals surface area contributed by atoms with Crippen LogP contribution in [0, 0.1) is 0 Å². The van der Waals surface area contributed by atoms with Gasteiger partial charge in [-0.2, -0.15) is 0 Å². The molecule has 0 aliphatic heterocycles. The van der Waals surface area contributed by atoms with Gasteiger partial charge >= 0.3 is 0 Å². The maximum Gasteiger partial charge on any atom is 0.0444 e. The van der Waals surface area contributed by atoms with Gasteiger partial charge < -0.3 is 0 Å². The van der Waals surface area contributed by atoms with Gasteiger partial charge in [0.25, 0.3) is 0 Å². The second-order valence-electron chi connectivity index (χ2n) is 10.0. The van der Waals surface area contributed by atoms with Crippen LogP contribution in [0.15, 0.2) is 96.6 Å². The van der Waals surface area contributed by atoms with Crippen molar-refractivity contribution in [3.05, 3.63) is 124 Å². The molecule has 2 aliphatic rings. The number of hydrogen-bond donors (Lipinski definition) is 0. The first-order chi connectivity index (χ1) is 15.2. The molecule has 0 unspecified atom stereocenters. The lowest BCUT2D eigenvalue weighted by molar-refractivity contribution is 0.635. The van der Waals surface area contributed by atoms with E-state index < -0.39 is 0 Å². The van der Waals surface area contributed by atoms with Gasteiger partial charge in [-0.05, 0) is 68.7 Å². The van der Waals surface area contributed by atoms with Crippen molar-refractivity contribution in [2.45, 2.75) is 44.9 Å². The Morgan fingerprint density at radius 1 is 0.781 bits per heavy atom. The fourth-order valence-corrected chi connectivity index (χ4v) is 5.59. The number of rotatable bonds is 1. The van der Waals surface area contributed by atoms with Gasteiger partial charge in [0.1, 0.15) is 0 Å². The number of hydrogen-bond acceptors (Lipinski definition) is 0. The molecule has 0 amide bonds. The monoisotopic (exact) mass is 436 g/mol. The zero-order chi connectivity index (χ0) is 22.7. The average molecular weight is 437 g/mol. The molecule has 0 spiro atoms. The predicted octanol–water partition coefficient (Wildman–Crippen LogP) is 8.70. The van der Waals surface area contributed by atoms with Crippen molar-refractivity contribution in [3.63, 3.8) is 0 Å². The third-order valence-electron chi connectivity index (χ3n) is 7.48. The highest BCUT2D eigenvalue weighted by Gasteiger charge is 2.39. The zero-order valence-electron chi connectivity index (χ0n) is 19.3. The van der Waals surface area contributed by atoms with Crippen molar-refractivity contribution < 1.29 is 0 Å². The summed E-state index contributed by atoms with van der Waals surface area (Å²) in [5.41, 5.74) is 11.2. The SMILES string of the molecule is C=C1C=C2/C(=C\Cc3c(Cl)cccc3C1(C)C)C(C)(C)c1cc(-c3ccccc3)ccc12. The molecule has 0 saturated heterocycles. The quantitative estimate of drug-likeness (QED) is 0.357. The third-order valence-corrected chi connectivity index (χ3v) is 7.83. The first-order valence-electron chi connectivity index (χ1n) is 11.3. The first kappa shape index (κ1) is 21.0. The standard InChI is InChI=1S/C31H29Cl/c1-20-18-25-23-15-14-22(21-10-7-6-8-11-21)19-28(23)31(4,5)27(25)17-16-24-26(30(20,2)3)12-9-13-29(24)32/h6-15,17-19H,1,16H2,2-5H3/b25-18?,27-17+. The van der Waals surface area contributed by atoms with E-state index in [-0.39, 0.29) is 10.8 Å². The lowest BCUT2D eigenvalue weighted by Gasteiger charge is -2.29. The van der Waals surface area contributed by atoms with Crippen LogP contribution in [0.25, 0.3) is 16.7 Å². The summed E-state index contributed by atoms with van der Waals surface area (Å²) in [6.45, 7) is 13.7. The molecule has 0 atom stereocenters. The van der Waals surface area contributed by atoms with Crippen molar-refractivity contribution in [2.75, 3.05) is 0 Å². The Balaban J connectivity index is 1.73. The summed E-state index contributed by atoms with van der Waals surface area (Å²) < 4.78 is 0. The fourth-order valence-electron chi connectivity index (χ4n) is 5.34. The van der Waals surface area contributed by atoms with E-state index in [1.54, 1.807) is 0 Å². The number of allylic oxidation sites excluding steroid dienone is 5. The highest BCUT2D eigenvalue weighted by Crippen LogP contribution is 2.52. The van der Waals surface area contributed by atoms with Crippen LogP contribution >= 0.6 is 11.6 Å². The van der Waals surface area contributed by atoms with Crippen LogP contribution in [0.5, 0.6) is 0 Å². The Kier molecular flexibility index (Phi) is 4.84. The molecule has 1 heteroatoms. The zero-order valence-corrected chi connectivity index (χ0v) is 20.1. The van der Waals surface area contributed by atoms with Gasteiger partial charge in [-0.15, -0.1) is 0 Å². The van der Waals surface area contributed by atoms with E-state index in [9.17, 15) is 0 Å². The lowest BCUT2D eigenvalue weighted by Crippen LogP contribution is -2.21. The van der Waals surface area contributed by atoms with E-state index in [1.807, 2.05) is 6.07 Å². The summed E-state index contributed by atoms with van der Waals surface area (Å²) in [7, 11) is 0. The van der Waals surface area contributed by atoms with Crippen molar-refractivity contribution in [1.82, 2.24) is 0 Å². The molecule has 32 heavy (non-hydrogen) atoms. The van der Waals surface area contributed by atoms with E-state index in [0.717, 1.165) is 17.0 Å². The maximum absolute atomic E-state index is 6.71. The topological polar surface area (TPSA) is 0 Å². The summed E-state index contributed by atoms with van der Waals surface area (Å²) >= 11 is 6.71. The Hall–Kier alpha value is -2.83. The van der Waals surface area contributed by atoms with Gasteiger partial charge in [-0.25, -0.2) is 0 Å². The molecule has 0 N–H and O–H groups in total. The second-order valence-corrected chi connectivity index (χ2v) is 10.5. The summed E-state index contributed by atoms with van der Waals surface area (Å²) in [5, 5.41) is 0.836. The van der Waals surface area contributed by atoms with Gasteiger partial charge in [0.15, 0.2) is 0 Å². The molecule has 0 bridgehead atoms. The van der Waals surface area contributed by atoms with E-state index in [4.69, 9.17) is 11.6 Å². The lowest BCUT2D eigenvalue weighted by atomic mass is 9.75. The Morgan fingerprint density at radius 3 is 2.28 bits per heavy atom. The van der Waals surface area contributed by atoms with Crippen molar-refractivity contribution in [1.29, 1.82) is 0 Å². The van der Waals surface area contributed by atoms with E-state index in [1.165, 1.54) is 44.5 Å². The van der Waals surface area contributed by atoms with Crippen LogP contribution in [-0.4, -0.2) is 0 Å². The molecule has 5 rings (SSSR count). The van der Waals surface area contributed by atoms with Crippen LogP contribution in [0.4, 0.5) is 0 Å². The summed E-state index contributed by atoms with van der Waals surface area (Å²) in [4.78, 5) is 0. The number of fused-ring (bicyclic) bond motifs is 4. The van der Waals surface area contributed by atoms with Crippen LogP contribution < -0.4 is 0 Å². The molecule has 0 radical (unpaired) electrons. The highest BCUT2D eigenvalue weighted by atomic mass is 35.5. The minimum atomic E-state index is -0.201. The molecule has 0 aromatic heterocycles. The summed E-state index contributed by atoms with van der Waals surface area (Å²) in [6.07, 6.45) is 5.53. The van der Waals surface area contributed by atoms with Crippen LogP contribution in [-0.2, 0) is 17.3 Å². The normalized spacial score (nSPS) is 20.0. The van der Waals surface area contributed by atoms with Crippen molar-refractivity contribution >= 4 is 17.2 Å². The van der Waals surface area contributed by atoms with Gasteiger partial charge in [-0.1, -0.05) is 113 Å². The molecular weight excluding hydrogens is 408 g/mol. The number of halogens is 1. The average Bonchev–Trinajstić information content (AvgIpc) is 3.00. The maximum atomic E-state index is 6.71. The number of benzene rings is 3. The van der Waals surface area contributed by atoms with Gasteiger partial charge in [0.2, 0.25) is 0 Å². The Morgan fingerprint density at radius 2 is 1.53 bits per heavy atom. The molecule has 3 aromatic rings. The van der Waals surface area contributed by atoms with Crippen molar-refractivity contribution in [2.24, 2.45) is 0 Å². The molecule has 0 nitrogen and oxygen atoms in total. The molecule has 160 valence electrons. The van der Waals surface area contributed by atoms with E-state index in [0.29, 0.717) is 0 Å². The Labute approximate surface area is 197 Å². The molecule has 0 saturated carbocycles. The summed E-state index contributed by atoms with van der Waals surface area (Å²) in [6, 6.07) is 23.8. The van der Waals surface area contributed by atoms with Gasteiger partial charge in [0, 0.05) is 15.9 Å². The smallest absolute Gasteiger partial charge is 0.0444 e. The van der Waals surface area contributed by atoms with Crippen LogP contribution in [0.3, 0.4) is 0 Å².